The Morgan fingerprint density at radius 3 is 1.96 bits per heavy atom. The van der Waals surface area contributed by atoms with Crippen molar-refractivity contribution in [3.05, 3.63) is 53.6 Å². The van der Waals surface area contributed by atoms with Gasteiger partial charge in [-0.2, -0.15) is 0 Å². The fourth-order valence-corrected chi connectivity index (χ4v) is 2.99. The van der Waals surface area contributed by atoms with Crippen molar-refractivity contribution in [1.82, 2.24) is 4.90 Å². The van der Waals surface area contributed by atoms with E-state index >= 15 is 0 Å². The monoisotopic (exact) mass is 372 g/mol. The van der Waals surface area contributed by atoms with Gasteiger partial charge in [0.1, 0.15) is 0 Å². The second-order valence-corrected chi connectivity index (χ2v) is 6.58. The van der Waals surface area contributed by atoms with Crippen molar-refractivity contribution in [2.75, 3.05) is 41.7 Å². The summed E-state index contributed by atoms with van der Waals surface area (Å²) >= 11 is 5.86. The van der Waals surface area contributed by atoms with Gasteiger partial charge in [0.15, 0.2) is 0 Å². The number of piperazine rings is 1. The Labute approximate surface area is 157 Å². The molecule has 26 heavy (non-hydrogen) atoms. The molecule has 3 rings (SSSR count). The number of hydrogen-bond acceptors (Lipinski definition) is 3. The second kappa shape index (κ2) is 8.10. The molecule has 7 heteroatoms. The van der Waals surface area contributed by atoms with E-state index in [1.807, 2.05) is 24.3 Å². The van der Waals surface area contributed by atoms with E-state index in [9.17, 15) is 9.59 Å². The molecule has 2 aromatic carbocycles. The third kappa shape index (κ3) is 4.67. The molecule has 2 aromatic rings. The van der Waals surface area contributed by atoms with E-state index in [0.29, 0.717) is 18.1 Å². The maximum absolute atomic E-state index is 12.4. The van der Waals surface area contributed by atoms with Crippen molar-refractivity contribution in [3.63, 3.8) is 0 Å². The molecule has 0 radical (unpaired) electrons. The molecule has 0 aliphatic carbocycles. The van der Waals surface area contributed by atoms with E-state index in [1.54, 1.807) is 29.2 Å². The van der Waals surface area contributed by atoms with Gasteiger partial charge in [-0.3, -0.25) is 4.79 Å². The molecule has 6 nitrogen and oxygen atoms in total. The summed E-state index contributed by atoms with van der Waals surface area (Å²) in [6, 6.07) is 14.7. The lowest BCUT2D eigenvalue weighted by Gasteiger charge is -2.36. The first kappa shape index (κ1) is 18.1. The van der Waals surface area contributed by atoms with Crippen LogP contribution in [0.25, 0.3) is 0 Å². The lowest BCUT2D eigenvalue weighted by atomic mass is 10.2. The SMILES string of the molecule is CC(=O)Nc1ccc(N2CCN(C(=O)Nc3ccc(Cl)cc3)CC2)cc1. The third-order valence-electron chi connectivity index (χ3n) is 4.22. The van der Waals surface area contributed by atoms with Gasteiger partial charge in [-0.15, -0.1) is 0 Å². The summed E-state index contributed by atoms with van der Waals surface area (Å²) in [7, 11) is 0. The number of amides is 3. The van der Waals surface area contributed by atoms with Gasteiger partial charge in [-0.1, -0.05) is 11.6 Å². The summed E-state index contributed by atoms with van der Waals surface area (Å²) in [6.45, 7) is 4.29. The van der Waals surface area contributed by atoms with Gasteiger partial charge in [0.2, 0.25) is 5.91 Å². The molecule has 0 unspecified atom stereocenters. The van der Waals surface area contributed by atoms with Gasteiger partial charge in [-0.05, 0) is 48.5 Å². The minimum Gasteiger partial charge on any atom is -0.368 e. The summed E-state index contributed by atoms with van der Waals surface area (Å²) < 4.78 is 0. The van der Waals surface area contributed by atoms with Crippen molar-refractivity contribution in [3.8, 4) is 0 Å². The molecular formula is C19H21ClN4O2. The van der Waals surface area contributed by atoms with Crippen LogP contribution in [0.15, 0.2) is 48.5 Å². The Morgan fingerprint density at radius 1 is 0.846 bits per heavy atom. The van der Waals surface area contributed by atoms with Crippen LogP contribution in [0.2, 0.25) is 5.02 Å². The van der Waals surface area contributed by atoms with E-state index in [0.717, 1.165) is 30.2 Å². The van der Waals surface area contributed by atoms with Crippen LogP contribution in [0.4, 0.5) is 21.9 Å². The number of nitrogens with one attached hydrogen (secondary N) is 2. The first-order valence-corrected chi connectivity index (χ1v) is 8.83. The molecule has 0 bridgehead atoms. The van der Waals surface area contributed by atoms with Crippen LogP contribution in [0.1, 0.15) is 6.92 Å². The average molecular weight is 373 g/mol. The number of rotatable bonds is 3. The molecule has 0 saturated carbocycles. The quantitative estimate of drug-likeness (QED) is 0.864. The maximum atomic E-state index is 12.4. The smallest absolute Gasteiger partial charge is 0.321 e. The van der Waals surface area contributed by atoms with Gasteiger partial charge in [0, 0.05) is 55.2 Å². The molecule has 3 amide bonds. The van der Waals surface area contributed by atoms with Crippen molar-refractivity contribution in [2.45, 2.75) is 6.92 Å². The lowest BCUT2D eigenvalue weighted by Crippen LogP contribution is -2.50. The number of nitrogens with zero attached hydrogens (tertiary/aromatic N) is 2. The summed E-state index contributed by atoms with van der Waals surface area (Å²) in [6.07, 6.45) is 0. The van der Waals surface area contributed by atoms with Crippen LogP contribution in [-0.2, 0) is 4.79 Å². The highest BCUT2D eigenvalue weighted by molar-refractivity contribution is 6.30. The number of carbonyl (C=O) groups excluding carboxylic acids is 2. The fraction of sp³-hybridized carbons (Fsp3) is 0.263. The normalized spacial score (nSPS) is 14.1. The van der Waals surface area contributed by atoms with Gasteiger partial charge in [-0.25, -0.2) is 4.79 Å². The molecule has 1 saturated heterocycles. The standard InChI is InChI=1S/C19H21ClN4O2/c1-14(25)21-16-6-8-18(9-7-16)23-10-12-24(13-11-23)19(26)22-17-4-2-15(20)3-5-17/h2-9H,10-13H2,1H3,(H,21,25)(H,22,26). The molecule has 0 aromatic heterocycles. The Morgan fingerprint density at radius 2 is 1.38 bits per heavy atom. The lowest BCUT2D eigenvalue weighted by molar-refractivity contribution is -0.114. The largest absolute Gasteiger partial charge is 0.368 e. The van der Waals surface area contributed by atoms with E-state index in [4.69, 9.17) is 11.6 Å². The van der Waals surface area contributed by atoms with Crippen molar-refractivity contribution in [2.24, 2.45) is 0 Å². The van der Waals surface area contributed by atoms with E-state index in [1.165, 1.54) is 6.92 Å². The van der Waals surface area contributed by atoms with E-state index in [2.05, 4.69) is 15.5 Å². The molecule has 1 heterocycles. The highest BCUT2D eigenvalue weighted by Gasteiger charge is 2.21. The second-order valence-electron chi connectivity index (χ2n) is 6.14. The highest BCUT2D eigenvalue weighted by atomic mass is 35.5. The third-order valence-corrected chi connectivity index (χ3v) is 4.47. The number of urea groups is 1. The van der Waals surface area contributed by atoms with Crippen LogP contribution in [0, 0.1) is 0 Å². The molecule has 0 spiro atoms. The summed E-state index contributed by atoms with van der Waals surface area (Å²) in [5.41, 5.74) is 2.59. The van der Waals surface area contributed by atoms with E-state index < -0.39 is 0 Å². The van der Waals surface area contributed by atoms with Crippen LogP contribution < -0.4 is 15.5 Å². The molecule has 2 N–H and O–H groups in total. The zero-order valence-electron chi connectivity index (χ0n) is 14.5. The predicted octanol–water partition coefficient (Wildman–Crippen LogP) is 3.65. The summed E-state index contributed by atoms with van der Waals surface area (Å²) in [5.74, 6) is -0.0851. The summed E-state index contributed by atoms with van der Waals surface area (Å²) in [4.78, 5) is 27.5. The van der Waals surface area contributed by atoms with Gasteiger partial charge in [0.25, 0.3) is 0 Å². The molecule has 1 aliphatic rings. The molecule has 136 valence electrons. The number of hydrogen-bond donors (Lipinski definition) is 2. The van der Waals surface area contributed by atoms with Crippen LogP contribution in [0.3, 0.4) is 0 Å². The Bertz CT molecular complexity index is 769. The first-order valence-electron chi connectivity index (χ1n) is 8.45. The molecular weight excluding hydrogens is 352 g/mol. The minimum absolute atomic E-state index is 0.0851. The van der Waals surface area contributed by atoms with Gasteiger partial charge >= 0.3 is 6.03 Å². The number of anilines is 3. The van der Waals surface area contributed by atoms with E-state index in [-0.39, 0.29) is 11.9 Å². The Balaban J connectivity index is 1.52. The van der Waals surface area contributed by atoms with Gasteiger partial charge < -0.3 is 20.4 Å². The first-order chi connectivity index (χ1) is 12.5. The zero-order valence-corrected chi connectivity index (χ0v) is 15.3. The Kier molecular flexibility index (Phi) is 5.63. The highest BCUT2D eigenvalue weighted by Crippen LogP contribution is 2.20. The minimum atomic E-state index is -0.104. The van der Waals surface area contributed by atoms with Crippen LogP contribution >= 0.6 is 11.6 Å². The molecule has 0 atom stereocenters. The predicted molar refractivity (Wildman–Crippen MR) is 105 cm³/mol. The Hall–Kier alpha value is -2.73. The molecule has 1 fully saturated rings. The van der Waals surface area contributed by atoms with Crippen molar-refractivity contribution < 1.29 is 9.59 Å². The average Bonchev–Trinajstić information content (AvgIpc) is 2.64. The topological polar surface area (TPSA) is 64.7 Å². The fourth-order valence-electron chi connectivity index (χ4n) is 2.86. The number of halogens is 1. The zero-order chi connectivity index (χ0) is 18.5. The molecule has 1 aliphatic heterocycles. The van der Waals surface area contributed by atoms with Crippen molar-refractivity contribution in [1.29, 1.82) is 0 Å². The van der Waals surface area contributed by atoms with Crippen LogP contribution in [0.5, 0.6) is 0 Å². The van der Waals surface area contributed by atoms with Crippen molar-refractivity contribution >= 4 is 40.6 Å². The van der Waals surface area contributed by atoms with Gasteiger partial charge in [0.05, 0.1) is 0 Å². The number of benzene rings is 2. The summed E-state index contributed by atoms with van der Waals surface area (Å²) in [5, 5.41) is 6.29. The van der Waals surface area contributed by atoms with Crippen LogP contribution in [-0.4, -0.2) is 43.0 Å². The maximum Gasteiger partial charge on any atom is 0.321 e. The number of carbonyl (C=O) groups is 2.